The van der Waals surface area contributed by atoms with Gasteiger partial charge in [0, 0.05) is 11.7 Å². The molecule has 3 heteroatoms. The molecule has 1 aromatic heterocycles. The number of nitrogens with one attached hydrogen (secondary N) is 1. The van der Waals surface area contributed by atoms with Crippen molar-refractivity contribution < 1.29 is 0 Å². The van der Waals surface area contributed by atoms with Crippen molar-refractivity contribution in [3.8, 4) is 0 Å². The van der Waals surface area contributed by atoms with E-state index in [1.54, 1.807) is 11.3 Å². The van der Waals surface area contributed by atoms with Crippen LogP contribution in [0.4, 0.5) is 5.69 Å². The molecule has 0 amide bonds. The van der Waals surface area contributed by atoms with Crippen LogP contribution in [0.2, 0.25) is 0 Å². The van der Waals surface area contributed by atoms with Crippen LogP contribution in [-0.4, -0.2) is 11.0 Å². The molecule has 1 aliphatic carbocycles. The summed E-state index contributed by atoms with van der Waals surface area (Å²) in [5.41, 5.74) is 4.28. The Morgan fingerprint density at radius 1 is 1.41 bits per heavy atom. The second-order valence-electron chi connectivity index (χ2n) is 4.88. The first-order chi connectivity index (χ1) is 8.36. The van der Waals surface area contributed by atoms with E-state index in [1.165, 1.54) is 36.1 Å². The van der Waals surface area contributed by atoms with Gasteiger partial charge in [-0.15, -0.1) is 11.3 Å². The normalized spacial score (nSPS) is 24.3. The molecule has 0 saturated heterocycles. The molecule has 3 rings (SSSR count). The van der Waals surface area contributed by atoms with Crippen LogP contribution in [0, 0.1) is 5.92 Å². The highest BCUT2D eigenvalue weighted by molar-refractivity contribution is 7.16. The summed E-state index contributed by atoms with van der Waals surface area (Å²) in [7, 11) is 0. The summed E-state index contributed by atoms with van der Waals surface area (Å²) in [6.45, 7) is 2.30. The van der Waals surface area contributed by atoms with Crippen LogP contribution in [0.15, 0.2) is 23.7 Å². The van der Waals surface area contributed by atoms with Crippen molar-refractivity contribution in [2.24, 2.45) is 5.92 Å². The first-order valence-corrected chi connectivity index (χ1v) is 7.34. The third-order valence-electron chi connectivity index (χ3n) is 3.87. The van der Waals surface area contributed by atoms with Gasteiger partial charge in [-0.25, -0.2) is 4.98 Å². The molecule has 0 radical (unpaired) electrons. The van der Waals surface area contributed by atoms with Crippen LogP contribution in [0.25, 0.3) is 10.2 Å². The Hall–Kier alpha value is -1.09. The molecule has 1 aromatic carbocycles. The Morgan fingerprint density at radius 3 is 3.24 bits per heavy atom. The second-order valence-corrected chi connectivity index (χ2v) is 5.77. The SMILES string of the molecule is CCC1CCCC1Nc1ccc2ncsc2c1. The van der Waals surface area contributed by atoms with Crippen molar-refractivity contribution >= 4 is 27.2 Å². The average Bonchev–Trinajstić information content (AvgIpc) is 2.96. The van der Waals surface area contributed by atoms with Gasteiger partial charge in [0.05, 0.1) is 15.7 Å². The Kier molecular flexibility index (Phi) is 3.02. The van der Waals surface area contributed by atoms with E-state index >= 15 is 0 Å². The molecule has 0 spiro atoms. The standard InChI is InChI=1S/C14H18N2S/c1-2-10-4-3-5-12(10)16-11-6-7-13-14(8-11)17-9-15-13/h6-10,12,16H,2-5H2,1H3. The summed E-state index contributed by atoms with van der Waals surface area (Å²) >= 11 is 1.71. The van der Waals surface area contributed by atoms with Gasteiger partial charge in [-0.2, -0.15) is 0 Å². The van der Waals surface area contributed by atoms with E-state index in [1.807, 2.05) is 5.51 Å². The minimum absolute atomic E-state index is 0.672. The average molecular weight is 246 g/mol. The lowest BCUT2D eigenvalue weighted by molar-refractivity contribution is 0.489. The van der Waals surface area contributed by atoms with Crippen molar-refractivity contribution in [1.29, 1.82) is 0 Å². The number of benzene rings is 1. The molecule has 1 heterocycles. The minimum atomic E-state index is 0.672. The van der Waals surface area contributed by atoms with E-state index in [0.29, 0.717) is 6.04 Å². The summed E-state index contributed by atoms with van der Waals surface area (Å²) in [4.78, 5) is 4.31. The van der Waals surface area contributed by atoms with Gasteiger partial charge in [0.1, 0.15) is 0 Å². The molecule has 0 bridgehead atoms. The number of fused-ring (bicyclic) bond motifs is 1. The molecule has 2 unspecified atom stereocenters. The quantitative estimate of drug-likeness (QED) is 0.874. The molecule has 2 atom stereocenters. The minimum Gasteiger partial charge on any atom is -0.382 e. The number of nitrogens with zero attached hydrogens (tertiary/aromatic N) is 1. The van der Waals surface area contributed by atoms with Crippen LogP contribution in [0.5, 0.6) is 0 Å². The monoisotopic (exact) mass is 246 g/mol. The highest BCUT2D eigenvalue weighted by Crippen LogP contribution is 2.31. The predicted molar refractivity (Wildman–Crippen MR) is 74.7 cm³/mol. The van der Waals surface area contributed by atoms with Crippen LogP contribution < -0.4 is 5.32 Å². The molecule has 90 valence electrons. The van der Waals surface area contributed by atoms with Gasteiger partial charge in [-0.05, 0) is 37.0 Å². The van der Waals surface area contributed by atoms with Crippen LogP contribution >= 0.6 is 11.3 Å². The molecule has 17 heavy (non-hydrogen) atoms. The summed E-state index contributed by atoms with van der Waals surface area (Å²) < 4.78 is 1.28. The molecule has 0 aliphatic heterocycles. The maximum absolute atomic E-state index is 4.31. The summed E-state index contributed by atoms with van der Waals surface area (Å²) in [5.74, 6) is 0.854. The Balaban J connectivity index is 1.79. The van der Waals surface area contributed by atoms with Gasteiger partial charge < -0.3 is 5.32 Å². The van der Waals surface area contributed by atoms with Gasteiger partial charge in [0.2, 0.25) is 0 Å². The molecule has 1 fully saturated rings. The zero-order valence-corrected chi connectivity index (χ0v) is 11.0. The lowest BCUT2D eigenvalue weighted by Gasteiger charge is -2.20. The first kappa shape index (κ1) is 11.0. The van der Waals surface area contributed by atoms with E-state index in [9.17, 15) is 0 Å². The van der Waals surface area contributed by atoms with Crippen molar-refractivity contribution in [2.75, 3.05) is 5.32 Å². The highest BCUT2D eigenvalue weighted by Gasteiger charge is 2.25. The summed E-state index contributed by atoms with van der Waals surface area (Å²) in [5, 5.41) is 3.70. The molecule has 2 nitrogen and oxygen atoms in total. The zero-order chi connectivity index (χ0) is 11.7. The number of anilines is 1. The van der Waals surface area contributed by atoms with Gasteiger partial charge in [-0.1, -0.05) is 19.8 Å². The largest absolute Gasteiger partial charge is 0.382 e. The predicted octanol–water partition coefficient (Wildman–Crippen LogP) is 4.29. The number of rotatable bonds is 3. The van der Waals surface area contributed by atoms with Crippen LogP contribution in [-0.2, 0) is 0 Å². The van der Waals surface area contributed by atoms with Crippen LogP contribution in [0.3, 0.4) is 0 Å². The topological polar surface area (TPSA) is 24.9 Å². The molecule has 2 aromatic rings. The van der Waals surface area contributed by atoms with E-state index < -0.39 is 0 Å². The van der Waals surface area contributed by atoms with Gasteiger partial charge in [0.25, 0.3) is 0 Å². The van der Waals surface area contributed by atoms with Crippen molar-refractivity contribution in [2.45, 2.75) is 38.6 Å². The molecule has 1 aliphatic rings. The summed E-state index contributed by atoms with van der Waals surface area (Å²) in [6.07, 6.45) is 5.37. The number of hydrogen-bond acceptors (Lipinski definition) is 3. The lowest BCUT2D eigenvalue weighted by Crippen LogP contribution is -2.23. The fourth-order valence-corrected chi connectivity index (χ4v) is 3.59. The fourth-order valence-electron chi connectivity index (χ4n) is 2.87. The Morgan fingerprint density at radius 2 is 2.35 bits per heavy atom. The fraction of sp³-hybridized carbons (Fsp3) is 0.500. The Labute approximate surface area is 106 Å². The first-order valence-electron chi connectivity index (χ1n) is 6.46. The maximum Gasteiger partial charge on any atom is 0.0813 e. The molecule has 1 N–H and O–H groups in total. The number of hydrogen-bond donors (Lipinski definition) is 1. The molecule has 1 saturated carbocycles. The van der Waals surface area contributed by atoms with E-state index in [-0.39, 0.29) is 0 Å². The number of thiazole rings is 1. The van der Waals surface area contributed by atoms with Crippen molar-refractivity contribution in [1.82, 2.24) is 4.98 Å². The highest BCUT2D eigenvalue weighted by atomic mass is 32.1. The van der Waals surface area contributed by atoms with Gasteiger partial charge >= 0.3 is 0 Å². The smallest absolute Gasteiger partial charge is 0.0813 e. The van der Waals surface area contributed by atoms with E-state index in [2.05, 4.69) is 35.4 Å². The van der Waals surface area contributed by atoms with Gasteiger partial charge in [-0.3, -0.25) is 0 Å². The van der Waals surface area contributed by atoms with Crippen LogP contribution in [0.1, 0.15) is 32.6 Å². The third kappa shape index (κ3) is 2.16. The maximum atomic E-state index is 4.31. The molecular formula is C14H18N2S. The Bertz CT molecular complexity index is 506. The van der Waals surface area contributed by atoms with Gasteiger partial charge in [0.15, 0.2) is 0 Å². The van der Waals surface area contributed by atoms with E-state index in [4.69, 9.17) is 0 Å². The van der Waals surface area contributed by atoms with Crippen molar-refractivity contribution in [3.63, 3.8) is 0 Å². The molecular weight excluding hydrogens is 228 g/mol. The van der Waals surface area contributed by atoms with Crippen molar-refractivity contribution in [3.05, 3.63) is 23.7 Å². The summed E-state index contributed by atoms with van der Waals surface area (Å²) in [6, 6.07) is 7.18. The number of aromatic nitrogens is 1. The zero-order valence-electron chi connectivity index (χ0n) is 10.1. The second kappa shape index (κ2) is 4.65. The van der Waals surface area contributed by atoms with E-state index in [0.717, 1.165) is 11.4 Å². The third-order valence-corrected chi connectivity index (χ3v) is 4.66. The lowest BCUT2D eigenvalue weighted by atomic mass is 10.0.